The van der Waals surface area contributed by atoms with Crippen LogP contribution in [0.25, 0.3) is 11.3 Å². The van der Waals surface area contributed by atoms with Crippen molar-refractivity contribution in [3.63, 3.8) is 0 Å². The Balaban J connectivity index is 1.82. The molecule has 1 aromatic carbocycles. The topological polar surface area (TPSA) is 59.9 Å². The van der Waals surface area contributed by atoms with E-state index in [4.69, 9.17) is 4.74 Å². The van der Waals surface area contributed by atoms with Crippen molar-refractivity contribution in [1.29, 1.82) is 0 Å². The molecule has 0 fully saturated rings. The summed E-state index contributed by atoms with van der Waals surface area (Å²) in [6, 6.07) is 10.1. The second kappa shape index (κ2) is 6.85. The van der Waals surface area contributed by atoms with Crippen LogP contribution in [-0.4, -0.2) is 20.9 Å². The number of fused-ring (bicyclic) bond motifs is 3. The number of hydrogen-bond donors (Lipinski definition) is 1. The summed E-state index contributed by atoms with van der Waals surface area (Å²) in [5.74, 6) is 1.22. The Morgan fingerprint density at radius 1 is 1.32 bits per heavy atom. The van der Waals surface area contributed by atoms with Crippen molar-refractivity contribution in [2.24, 2.45) is 0 Å². The Morgan fingerprint density at radius 2 is 2.20 bits per heavy atom. The zero-order valence-corrected chi connectivity index (χ0v) is 15.2. The molecule has 0 amide bonds. The maximum atomic E-state index is 6.23. The average Bonchev–Trinajstić information content (AvgIpc) is 2.98. The second-order valence-electron chi connectivity index (χ2n) is 5.50. The van der Waals surface area contributed by atoms with Gasteiger partial charge in [0.25, 0.3) is 0 Å². The van der Waals surface area contributed by atoms with Gasteiger partial charge >= 0.3 is 0 Å². The second-order valence-corrected chi connectivity index (χ2v) is 7.44. The molecule has 126 valence electrons. The number of thioether (sulfide) groups is 1. The molecule has 3 aromatic rings. The van der Waals surface area contributed by atoms with Crippen LogP contribution >= 0.6 is 23.1 Å². The van der Waals surface area contributed by atoms with Crippen LogP contribution < -0.4 is 10.1 Å². The van der Waals surface area contributed by atoms with Gasteiger partial charge in [-0.25, -0.2) is 0 Å². The first-order valence-corrected chi connectivity index (χ1v) is 9.68. The van der Waals surface area contributed by atoms with Crippen LogP contribution in [0.5, 0.6) is 5.88 Å². The van der Waals surface area contributed by atoms with Crippen molar-refractivity contribution in [3.8, 4) is 17.1 Å². The quantitative estimate of drug-likeness (QED) is 0.532. The molecule has 0 aliphatic carbocycles. The molecule has 1 atom stereocenters. The number of aryl methyl sites for hydroxylation is 1. The molecule has 0 unspecified atom stereocenters. The minimum atomic E-state index is -0.309. The standard InChI is InChI=1S/C18H16N4OS2/c1-3-9-25-18-20-16-14(21-22-18)12-6-4-5-7-13(12)19-17(23-16)15-11(2)8-10-24-15/h3-8,10,17,19H,1,9H2,2H3/t17-/m0/s1. The molecule has 3 heterocycles. The summed E-state index contributed by atoms with van der Waals surface area (Å²) in [6.07, 6.45) is 1.51. The number of rotatable bonds is 4. The molecule has 0 saturated carbocycles. The van der Waals surface area contributed by atoms with Gasteiger partial charge in [-0.2, -0.15) is 4.98 Å². The first-order valence-electron chi connectivity index (χ1n) is 7.81. The van der Waals surface area contributed by atoms with E-state index in [0.717, 1.165) is 21.9 Å². The van der Waals surface area contributed by atoms with Crippen LogP contribution in [0.1, 0.15) is 16.7 Å². The number of nitrogens with zero attached hydrogens (tertiary/aromatic N) is 3. The average molecular weight is 368 g/mol. The van der Waals surface area contributed by atoms with Gasteiger partial charge in [0.15, 0.2) is 5.69 Å². The summed E-state index contributed by atoms with van der Waals surface area (Å²) < 4.78 is 6.23. The van der Waals surface area contributed by atoms with Gasteiger partial charge in [0.1, 0.15) is 0 Å². The van der Waals surface area contributed by atoms with Crippen LogP contribution in [0.4, 0.5) is 5.69 Å². The summed E-state index contributed by atoms with van der Waals surface area (Å²) in [4.78, 5) is 5.71. The number of hydrogen-bond acceptors (Lipinski definition) is 7. The number of thiophene rings is 1. The largest absolute Gasteiger partial charge is 0.447 e. The molecule has 2 aromatic heterocycles. The lowest BCUT2D eigenvalue weighted by Gasteiger charge is -2.18. The Hall–Kier alpha value is -2.38. The van der Waals surface area contributed by atoms with Crippen molar-refractivity contribution < 1.29 is 4.74 Å². The van der Waals surface area contributed by atoms with Gasteiger partial charge in [0.2, 0.25) is 17.3 Å². The van der Waals surface area contributed by atoms with Crippen molar-refractivity contribution in [3.05, 3.63) is 58.8 Å². The highest BCUT2D eigenvalue weighted by Gasteiger charge is 2.27. The molecule has 5 nitrogen and oxygen atoms in total. The third-order valence-corrected chi connectivity index (χ3v) is 5.70. The van der Waals surface area contributed by atoms with E-state index in [1.54, 1.807) is 11.3 Å². The van der Waals surface area contributed by atoms with Gasteiger partial charge in [0.05, 0.1) is 4.88 Å². The normalized spacial score (nSPS) is 15.3. The molecule has 1 aliphatic heterocycles. The van der Waals surface area contributed by atoms with Crippen LogP contribution in [0.3, 0.4) is 0 Å². The maximum absolute atomic E-state index is 6.23. The Labute approximate surface area is 154 Å². The van der Waals surface area contributed by atoms with E-state index >= 15 is 0 Å². The lowest BCUT2D eigenvalue weighted by Crippen LogP contribution is -2.16. The Bertz CT molecular complexity index is 925. The molecule has 4 rings (SSSR count). The molecule has 0 spiro atoms. The predicted molar refractivity (Wildman–Crippen MR) is 102 cm³/mol. The fourth-order valence-electron chi connectivity index (χ4n) is 2.61. The highest BCUT2D eigenvalue weighted by molar-refractivity contribution is 7.99. The lowest BCUT2D eigenvalue weighted by atomic mass is 10.1. The number of benzene rings is 1. The molecule has 0 radical (unpaired) electrons. The maximum Gasteiger partial charge on any atom is 0.247 e. The van der Waals surface area contributed by atoms with Crippen molar-refractivity contribution >= 4 is 28.8 Å². The van der Waals surface area contributed by atoms with E-state index in [2.05, 4.69) is 45.4 Å². The number of nitrogens with one attached hydrogen (secondary N) is 1. The van der Waals surface area contributed by atoms with Gasteiger partial charge in [-0.15, -0.1) is 28.1 Å². The smallest absolute Gasteiger partial charge is 0.247 e. The highest BCUT2D eigenvalue weighted by atomic mass is 32.2. The SMILES string of the molecule is C=CCSc1nnc2c(n1)O[C@@H](c1sccc1C)Nc1ccccc1-2. The summed E-state index contributed by atoms with van der Waals surface area (Å²) in [6.45, 7) is 5.81. The number of aromatic nitrogens is 3. The fourth-order valence-corrected chi connectivity index (χ4v) is 4.03. The van der Waals surface area contributed by atoms with Gasteiger partial charge in [-0.05, 0) is 30.0 Å². The van der Waals surface area contributed by atoms with E-state index in [0.29, 0.717) is 16.7 Å². The summed E-state index contributed by atoms with van der Waals surface area (Å²) in [7, 11) is 0. The number of para-hydroxylation sites is 1. The van der Waals surface area contributed by atoms with Crippen LogP contribution in [0.15, 0.2) is 53.5 Å². The number of ether oxygens (including phenoxy) is 1. The van der Waals surface area contributed by atoms with E-state index in [1.807, 2.05) is 30.3 Å². The minimum Gasteiger partial charge on any atom is -0.447 e. The fraction of sp³-hybridized carbons (Fsp3) is 0.167. The zero-order valence-electron chi connectivity index (χ0n) is 13.6. The first-order chi connectivity index (χ1) is 12.3. The predicted octanol–water partition coefficient (Wildman–Crippen LogP) is 4.69. The van der Waals surface area contributed by atoms with E-state index in [9.17, 15) is 0 Å². The molecular weight excluding hydrogens is 352 g/mol. The molecule has 1 N–H and O–H groups in total. The van der Waals surface area contributed by atoms with Crippen molar-refractivity contribution in [1.82, 2.24) is 15.2 Å². The van der Waals surface area contributed by atoms with E-state index in [1.165, 1.54) is 17.3 Å². The Morgan fingerprint density at radius 3 is 3.00 bits per heavy atom. The first kappa shape index (κ1) is 16.1. The van der Waals surface area contributed by atoms with Gasteiger partial charge in [-0.1, -0.05) is 36.0 Å². The minimum absolute atomic E-state index is 0.309. The summed E-state index contributed by atoms with van der Waals surface area (Å²) in [5.41, 5.74) is 3.74. The highest BCUT2D eigenvalue weighted by Crippen LogP contribution is 2.40. The number of anilines is 1. The van der Waals surface area contributed by atoms with E-state index < -0.39 is 0 Å². The van der Waals surface area contributed by atoms with Crippen molar-refractivity contribution in [2.45, 2.75) is 18.3 Å². The molecule has 25 heavy (non-hydrogen) atoms. The van der Waals surface area contributed by atoms with Crippen LogP contribution in [-0.2, 0) is 0 Å². The molecule has 0 saturated heterocycles. The molecule has 7 heteroatoms. The third kappa shape index (κ3) is 3.12. The third-order valence-electron chi connectivity index (χ3n) is 3.80. The van der Waals surface area contributed by atoms with Crippen molar-refractivity contribution in [2.75, 3.05) is 11.1 Å². The van der Waals surface area contributed by atoms with Gasteiger partial charge in [-0.3, -0.25) is 0 Å². The van der Waals surface area contributed by atoms with Crippen LogP contribution in [0, 0.1) is 6.92 Å². The molecule has 1 aliphatic rings. The zero-order chi connectivity index (χ0) is 17.2. The lowest BCUT2D eigenvalue weighted by molar-refractivity contribution is 0.228. The van der Waals surface area contributed by atoms with Crippen LogP contribution in [0.2, 0.25) is 0 Å². The van der Waals surface area contributed by atoms with Gasteiger partial charge in [0, 0.05) is 17.0 Å². The molecular formula is C18H16N4OS2. The summed E-state index contributed by atoms with van der Waals surface area (Å²) >= 11 is 3.15. The van der Waals surface area contributed by atoms with E-state index in [-0.39, 0.29) is 6.23 Å². The summed E-state index contributed by atoms with van der Waals surface area (Å²) in [5, 5.41) is 14.7. The Kier molecular flexibility index (Phi) is 4.42. The molecule has 0 bridgehead atoms. The monoisotopic (exact) mass is 368 g/mol. The van der Waals surface area contributed by atoms with Gasteiger partial charge < -0.3 is 10.1 Å².